The molecule has 0 radical (unpaired) electrons. The van der Waals surface area contributed by atoms with E-state index >= 15 is 0 Å². The molecule has 0 spiro atoms. The Kier molecular flexibility index (Phi) is 5.56. The van der Waals surface area contributed by atoms with Gasteiger partial charge in [0.15, 0.2) is 0 Å². The fourth-order valence-electron chi connectivity index (χ4n) is 3.74. The van der Waals surface area contributed by atoms with Gasteiger partial charge in [-0.3, -0.25) is 0 Å². The summed E-state index contributed by atoms with van der Waals surface area (Å²) in [6.07, 6.45) is 1.73. The van der Waals surface area contributed by atoms with Crippen LogP contribution in [-0.4, -0.2) is 16.2 Å². The van der Waals surface area contributed by atoms with Crippen LogP contribution < -0.4 is 5.32 Å². The summed E-state index contributed by atoms with van der Waals surface area (Å²) in [5.41, 5.74) is 6.02. The highest BCUT2D eigenvalue weighted by Gasteiger charge is 2.10. The minimum atomic E-state index is -0.498. The number of aliphatic hydroxyl groups excluding tert-OH is 1. The van der Waals surface area contributed by atoms with E-state index in [9.17, 15) is 5.11 Å². The zero-order chi connectivity index (χ0) is 19.3. The first-order valence-electron chi connectivity index (χ1n) is 9.77. The number of nitrogens with zero attached hydrogens (tertiary/aromatic N) is 1. The summed E-state index contributed by atoms with van der Waals surface area (Å²) < 4.78 is 2.31. The van der Waals surface area contributed by atoms with Gasteiger partial charge in [-0.05, 0) is 29.7 Å². The van der Waals surface area contributed by atoms with Crippen LogP contribution in [0.2, 0.25) is 0 Å². The predicted molar refractivity (Wildman–Crippen MR) is 115 cm³/mol. The molecule has 1 heterocycles. The number of rotatable bonds is 7. The molecule has 0 aliphatic heterocycles. The molecule has 2 N–H and O–H groups in total. The zero-order valence-corrected chi connectivity index (χ0v) is 16.2. The number of aryl methyl sites for hydroxylation is 1. The molecule has 0 saturated carbocycles. The Bertz CT molecular complexity index is 1050. The SMILES string of the molecule is Cc1cccc(Cn2cc(CNC[C@H](O)c3ccccc3)c3ccccc32)c1. The molecule has 1 aromatic heterocycles. The molecule has 0 amide bonds. The van der Waals surface area contributed by atoms with Gasteiger partial charge in [0.25, 0.3) is 0 Å². The Hall–Kier alpha value is -2.88. The van der Waals surface area contributed by atoms with E-state index in [0.29, 0.717) is 6.54 Å². The number of fused-ring (bicyclic) bond motifs is 1. The largest absolute Gasteiger partial charge is 0.387 e. The molecule has 4 rings (SSSR count). The first-order chi connectivity index (χ1) is 13.7. The van der Waals surface area contributed by atoms with Crippen LogP contribution in [0.15, 0.2) is 85.1 Å². The summed E-state index contributed by atoms with van der Waals surface area (Å²) in [5.74, 6) is 0. The molecule has 3 aromatic carbocycles. The van der Waals surface area contributed by atoms with E-state index in [2.05, 4.69) is 71.5 Å². The lowest BCUT2D eigenvalue weighted by molar-refractivity contribution is 0.174. The summed E-state index contributed by atoms with van der Waals surface area (Å²) in [6.45, 7) is 4.24. The van der Waals surface area contributed by atoms with E-state index < -0.39 is 6.10 Å². The molecule has 0 unspecified atom stereocenters. The highest BCUT2D eigenvalue weighted by Crippen LogP contribution is 2.23. The highest BCUT2D eigenvalue weighted by molar-refractivity contribution is 5.84. The van der Waals surface area contributed by atoms with Crippen molar-refractivity contribution in [1.82, 2.24) is 9.88 Å². The van der Waals surface area contributed by atoms with E-state index in [1.165, 1.54) is 27.6 Å². The smallest absolute Gasteiger partial charge is 0.0914 e. The fourth-order valence-corrected chi connectivity index (χ4v) is 3.74. The van der Waals surface area contributed by atoms with Gasteiger partial charge in [-0.25, -0.2) is 0 Å². The maximum absolute atomic E-state index is 10.4. The second-order valence-electron chi connectivity index (χ2n) is 7.35. The second-order valence-corrected chi connectivity index (χ2v) is 7.35. The van der Waals surface area contributed by atoms with E-state index in [0.717, 1.165) is 18.7 Å². The average Bonchev–Trinajstić information content (AvgIpc) is 3.06. The first-order valence-corrected chi connectivity index (χ1v) is 9.77. The number of benzene rings is 3. The van der Waals surface area contributed by atoms with E-state index in [1.807, 2.05) is 30.3 Å². The van der Waals surface area contributed by atoms with Gasteiger partial charge in [0, 0.05) is 36.7 Å². The summed E-state index contributed by atoms with van der Waals surface area (Å²) in [6, 6.07) is 27.0. The summed E-state index contributed by atoms with van der Waals surface area (Å²) in [4.78, 5) is 0. The Balaban J connectivity index is 1.50. The van der Waals surface area contributed by atoms with Crippen molar-refractivity contribution >= 4 is 10.9 Å². The fraction of sp³-hybridized carbons (Fsp3) is 0.200. The van der Waals surface area contributed by atoms with Crippen LogP contribution in [0.4, 0.5) is 0 Å². The number of aliphatic hydroxyl groups is 1. The Morgan fingerprint density at radius 1 is 0.929 bits per heavy atom. The average molecular weight is 370 g/mol. The molecule has 0 fully saturated rings. The number of hydrogen-bond donors (Lipinski definition) is 2. The highest BCUT2D eigenvalue weighted by atomic mass is 16.3. The quantitative estimate of drug-likeness (QED) is 0.489. The van der Waals surface area contributed by atoms with Gasteiger partial charge in [-0.2, -0.15) is 0 Å². The third kappa shape index (κ3) is 4.16. The Labute approximate surface area is 166 Å². The number of aromatic nitrogens is 1. The Morgan fingerprint density at radius 3 is 2.54 bits per heavy atom. The van der Waals surface area contributed by atoms with E-state index in [4.69, 9.17) is 0 Å². The molecule has 1 atom stereocenters. The van der Waals surface area contributed by atoms with Crippen molar-refractivity contribution < 1.29 is 5.11 Å². The van der Waals surface area contributed by atoms with Crippen molar-refractivity contribution in [3.05, 3.63) is 107 Å². The molecular formula is C25H26N2O. The van der Waals surface area contributed by atoms with Crippen LogP contribution in [0.25, 0.3) is 10.9 Å². The van der Waals surface area contributed by atoms with Crippen molar-refractivity contribution in [2.45, 2.75) is 26.1 Å². The third-order valence-electron chi connectivity index (χ3n) is 5.14. The molecule has 0 aliphatic carbocycles. The number of nitrogens with one attached hydrogen (secondary N) is 1. The lowest BCUT2D eigenvalue weighted by atomic mass is 10.1. The van der Waals surface area contributed by atoms with Crippen LogP contribution in [0, 0.1) is 6.92 Å². The maximum Gasteiger partial charge on any atom is 0.0914 e. The molecule has 142 valence electrons. The minimum Gasteiger partial charge on any atom is -0.387 e. The number of hydrogen-bond acceptors (Lipinski definition) is 2. The van der Waals surface area contributed by atoms with E-state index in [-0.39, 0.29) is 0 Å². The normalized spacial score (nSPS) is 12.4. The van der Waals surface area contributed by atoms with E-state index in [1.54, 1.807) is 0 Å². The predicted octanol–water partition coefficient (Wildman–Crippen LogP) is 4.82. The first kappa shape index (κ1) is 18.5. The van der Waals surface area contributed by atoms with Gasteiger partial charge in [0.05, 0.1) is 6.10 Å². The third-order valence-corrected chi connectivity index (χ3v) is 5.14. The molecule has 0 aliphatic rings. The standard InChI is InChI=1S/C25H26N2O/c1-19-8-7-9-20(14-19)17-27-18-22(23-12-5-6-13-24(23)27)15-26-16-25(28)21-10-3-2-4-11-21/h2-14,18,25-26,28H,15-17H2,1H3/t25-/m0/s1. The molecule has 0 saturated heterocycles. The molecule has 28 heavy (non-hydrogen) atoms. The summed E-state index contributed by atoms with van der Waals surface area (Å²) >= 11 is 0. The van der Waals surface area contributed by atoms with Crippen molar-refractivity contribution in [3.8, 4) is 0 Å². The summed E-state index contributed by atoms with van der Waals surface area (Å²) in [5, 5.41) is 15.0. The maximum atomic E-state index is 10.4. The summed E-state index contributed by atoms with van der Waals surface area (Å²) in [7, 11) is 0. The van der Waals surface area contributed by atoms with Crippen molar-refractivity contribution in [2.24, 2.45) is 0 Å². The lowest BCUT2D eigenvalue weighted by Gasteiger charge is -2.11. The van der Waals surface area contributed by atoms with Crippen LogP contribution in [0.1, 0.15) is 28.4 Å². The molecular weight excluding hydrogens is 344 g/mol. The van der Waals surface area contributed by atoms with Crippen LogP contribution >= 0.6 is 0 Å². The molecule has 0 bridgehead atoms. The number of para-hydroxylation sites is 1. The minimum absolute atomic E-state index is 0.498. The molecule has 3 nitrogen and oxygen atoms in total. The van der Waals surface area contributed by atoms with Crippen LogP contribution in [-0.2, 0) is 13.1 Å². The van der Waals surface area contributed by atoms with Gasteiger partial charge < -0.3 is 15.0 Å². The Morgan fingerprint density at radius 2 is 1.71 bits per heavy atom. The van der Waals surface area contributed by atoms with Crippen molar-refractivity contribution in [2.75, 3.05) is 6.54 Å². The van der Waals surface area contributed by atoms with Crippen molar-refractivity contribution in [1.29, 1.82) is 0 Å². The van der Waals surface area contributed by atoms with Gasteiger partial charge in [0.2, 0.25) is 0 Å². The zero-order valence-electron chi connectivity index (χ0n) is 16.2. The second kappa shape index (κ2) is 8.42. The molecule has 3 heteroatoms. The lowest BCUT2D eigenvalue weighted by Crippen LogP contribution is -2.20. The van der Waals surface area contributed by atoms with Gasteiger partial charge in [0.1, 0.15) is 0 Å². The monoisotopic (exact) mass is 370 g/mol. The molecule has 4 aromatic rings. The topological polar surface area (TPSA) is 37.2 Å². The van der Waals surface area contributed by atoms with Crippen LogP contribution in [0.3, 0.4) is 0 Å². The van der Waals surface area contributed by atoms with Crippen molar-refractivity contribution in [3.63, 3.8) is 0 Å². The van der Waals surface area contributed by atoms with Gasteiger partial charge >= 0.3 is 0 Å². The van der Waals surface area contributed by atoms with Gasteiger partial charge in [-0.15, -0.1) is 0 Å². The van der Waals surface area contributed by atoms with Gasteiger partial charge in [-0.1, -0.05) is 78.4 Å². The van der Waals surface area contributed by atoms with Crippen LogP contribution in [0.5, 0.6) is 0 Å².